The zero-order chi connectivity index (χ0) is 23.3. The maximum Gasteiger partial charge on any atom is 0.422 e. The molecule has 2 aromatic rings. The maximum absolute atomic E-state index is 12.5. The van der Waals surface area contributed by atoms with Crippen molar-refractivity contribution in [1.29, 1.82) is 0 Å². The van der Waals surface area contributed by atoms with Crippen molar-refractivity contribution < 1.29 is 27.5 Å². The minimum atomic E-state index is -4.53. The summed E-state index contributed by atoms with van der Waals surface area (Å²) in [6.07, 6.45) is 1.94. The zero-order valence-corrected chi connectivity index (χ0v) is 18.1. The van der Waals surface area contributed by atoms with Crippen molar-refractivity contribution in [1.82, 2.24) is 10.3 Å². The third-order valence-corrected chi connectivity index (χ3v) is 5.39. The molecule has 1 aliphatic rings. The van der Waals surface area contributed by atoms with Crippen LogP contribution < -0.4 is 15.4 Å². The van der Waals surface area contributed by atoms with Crippen molar-refractivity contribution >= 4 is 29.1 Å². The average molecular weight is 470 g/mol. The van der Waals surface area contributed by atoms with Crippen LogP contribution in [-0.4, -0.2) is 35.6 Å². The summed E-state index contributed by atoms with van der Waals surface area (Å²) in [4.78, 5) is 28.7. The third-order valence-electron chi connectivity index (χ3n) is 5.12. The second kappa shape index (κ2) is 10.2. The van der Waals surface area contributed by atoms with E-state index in [1.54, 1.807) is 25.1 Å². The molecule has 3 rings (SSSR count). The Bertz CT molecular complexity index is 992. The number of carbonyl (C=O) groups is 2. The van der Waals surface area contributed by atoms with Gasteiger partial charge in [0.25, 0.3) is 11.8 Å². The molecule has 0 aliphatic heterocycles. The van der Waals surface area contributed by atoms with Gasteiger partial charge >= 0.3 is 6.18 Å². The summed E-state index contributed by atoms with van der Waals surface area (Å²) in [5, 5.41) is 5.52. The van der Waals surface area contributed by atoms with Crippen LogP contribution in [0.5, 0.6) is 5.88 Å². The summed E-state index contributed by atoms with van der Waals surface area (Å²) in [5.41, 5.74) is 1.71. The quantitative estimate of drug-likeness (QED) is 0.601. The number of nitrogens with zero attached hydrogens (tertiary/aromatic N) is 1. The van der Waals surface area contributed by atoms with E-state index in [9.17, 15) is 22.8 Å². The first-order valence-corrected chi connectivity index (χ1v) is 10.6. The number of aryl methyl sites for hydroxylation is 1. The van der Waals surface area contributed by atoms with Gasteiger partial charge in [-0.2, -0.15) is 13.2 Å². The highest BCUT2D eigenvalue weighted by Crippen LogP contribution is 2.26. The van der Waals surface area contributed by atoms with E-state index in [0.29, 0.717) is 16.8 Å². The number of alkyl halides is 3. The molecule has 2 N–H and O–H groups in total. The molecule has 0 spiro atoms. The molecule has 6 nitrogen and oxygen atoms in total. The number of nitrogens with one attached hydrogen (secondary N) is 2. The molecule has 1 saturated carbocycles. The molecular weight excluding hydrogens is 447 g/mol. The number of hydrogen-bond donors (Lipinski definition) is 2. The fraction of sp³-hybridized carbons (Fsp3) is 0.409. The Labute approximate surface area is 188 Å². The Hall–Kier alpha value is -2.81. The van der Waals surface area contributed by atoms with Gasteiger partial charge in [-0.15, -0.1) is 0 Å². The minimum Gasteiger partial charge on any atom is -0.467 e. The summed E-state index contributed by atoms with van der Waals surface area (Å²) < 4.78 is 41.3. The Morgan fingerprint density at radius 1 is 1.12 bits per heavy atom. The molecule has 1 aliphatic carbocycles. The van der Waals surface area contributed by atoms with Crippen molar-refractivity contribution in [3.8, 4) is 5.88 Å². The van der Waals surface area contributed by atoms with E-state index in [0.717, 1.165) is 31.9 Å². The molecule has 0 saturated heterocycles. The minimum absolute atomic E-state index is 0.0490. The Morgan fingerprint density at radius 3 is 2.47 bits per heavy atom. The molecule has 32 heavy (non-hydrogen) atoms. The standard InChI is InChI=1S/C22H23ClF3N3O3/c1-13-9-14(19(30)28-16-5-3-2-4-6-16)7-8-18(13)29-20(31)15-10-17(23)21(27-11-15)32-12-22(24,25)26/h7-11,16H,2-6,12H2,1H3,(H,28,30)(H,29,31). The summed E-state index contributed by atoms with van der Waals surface area (Å²) in [6.45, 7) is 0.220. The number of pyridine rings is 1. The van der Waals surface area contributed by atoms with E-state index in [-0.39, 0.29) is 22.5 Å². The molecular formula is C22H23ClF3N3O3. The molecule has 1 aromatic carbocycles. The number of halogens is 4. The fourth-order valence-corrected chi connectivity index (χ4v) is 3.68. The summed E-state index contributed by atoms with van der Waals surface area (Å²) in [6, 6.07) is 6.31. The van der Waals surface area contributed by atoms with E-state index >= 15 is 0 Å². The average Bonchev–Trinajstić information content (AvgIpc) is 2.74. The Kier molecular flexibility index (Phi) is 7.60. The van der Waals surface area contributed by atoms with Gasteiger partial charge in [0.2, 0.25) is 5.88 Å². The Morgan fingerprint density at radius 2 is 1.84 bits per heavy atom. The molecule has 0 radical (unpaired) electrons. The number of aromatic nitrogens is 1. The van der Waals surface area contributed by atoms with Crippen LogP contribution in [0.4, 0.5) is 18.9 Å². The first-order chi connectivity index (χ1) is 15.1. The zero-order valence-electron chi connectivity index (χ0n) is 17.4. The van der Waals surface area contributed by atoms with Crippen LogP contribution in [0.1, 0.15) is 58.4 Å². The molecule has 1 heterocycles. The predicted molar refractivity (Wildman–Crippen MR) is 114 cm³/mol. The molecule has 10 heteroatoms. The van der Waals surface area contributed by atoms with Crippen LogP contribution in [0.2, 0.25) is 5.02 Å². The maximum atomic E-state index is 12.5. The molecule has 0 atom stereocenters. The lowest BCUT2D eigenvalue weighted by atomic mass is 9.95. The third kappa shape index (κ3) is 6.59. The molecule has 1 aromatic heterocycles. The van der Waals surface area contributed by atoms with Gasteiger partial charge in [-0.1, -0.05) is 30.9 Å². The number of amides is 2. The SMILES string of the molecule is Cc1cc(C(=O)NC2CCCCC2)ccc1NC(=O)c1cnc(OCC(F)(F)F)c(Cl)c1. The van der Waals surface area contributed by atoms with E-state index < -0.39 is 24.6 Å². The topological polar surface area (TPSA) is 80.3 Å². The van der Waals surface area contributed by atoms with Gasteiger partial charge in [-0.3, -0.25) is 9.59 Å². The highest BCUT2D eigenvalue weighted by Gasteiger charge is 2.29. The summed E-state index contributed by atoms with van der Waals surface area (Å²) >= 11 is 5.89. The van der Waals surface area contributed by atoms with E-state index in [1.807, 2.05) is 0 Å². The first kappa shape index (κ1) is 23.8. The molecule has 0 bridgehead atoms. The van der Waals surface area contributed by atoms with Crippen LogP contribution >= 0.6 is 11.6 Å². The fourth-order valence-electron chi connectivity index (χ4n) is 3.46. The van der Waals surface area contributed by atoms with Crippen LogP contribution in [0.3, 0.4) is 0 Å². The number of ether oxygens (including phenoxy) is 1. The van der Waals surface area contributed by atoms with Crippen LogP contribution in [0.15, 0.2) is 30.5 Å². The lowest BCUT2D eigenvalue weighted by Crippen LogP contribution is -2.36. The van der Waals surface area contributed by atoms with E-state index in [4.69, 9.17) is 11.6 Å². The van der Waals surface area contributed by atoms with Crippen LogP contribution in [0, 0.1) is 6.92 Å². The molecule has 172 valence electrons. The summed E-state index contributed by atoms with van der Waals surface area (Å²) in [5.74, 6) is -1.11. The number of benzene rings is 1. The second-order valence-electron chi connectivity index (χ2n) is 7.71. The van der Waals surface area contributed by atoms with Gasteiger partial charge in [-0.05, 0) is 49.6 Å². The lowest BCUT2D eigenvalue weighted by molar-refractivity contribution is -0.154. The van der Waals surface area contributed by atoms with Gasteiger partial charge in [0.1, 0.15) is 5.02 Å². The van der Waals surface area contributed by atoms with E-state index in [2.05, 4.69) is 20.4 Å². The van der Waals surface area contributed by atoms with Crippen LogP contribution in [0.25, 0.3) is 0 Å². The van der Waals surface area contributed by atoms with Crippen molar-refractivity contribution in [3.63, 3.8) is 0 Å². The van der Waals surface area contributed by atoms with Gasteiger partial charge in [-0.25, -0.2) is 4.98 Å². The number of hydrogen-bond acceptors (Lipinski definition) is 4. The second-order valence-corrected chi connectivity index (χ2v) is 8.11. The predicted octanol–water partition coefficient (Wildman–Crippen LogP) is 5.30. The number of anilines is 1. The lowest BCUT2D eigenvalue weighted by Gasteiger charge is -2.23. The highest BCUT2D eigenvalue weighted by atomic mass is 35.5. The van der Waals surface area contributed by atoms with Crippen molar-refractivity contribution in [2.24, 2.45) is 0 Å². The monoisotopic (exact) mass is 469 g/mol. The van der Waals surface area contributed by atoms with Crippen molar-refractivity contribution in [2.45, 2.75) is 51.2 Å². The molecule has 2 amide bonds. The Balaban J connectivity index is 1.63. The number of rotatable bonds is 6. The molecule has 1 fully saturated rings. The molecule has 0 unspecified atom stereocenters. The van der Waals surface area contributed by atoms with Gasteiger partial charge in [0, 0.05) is 23.5 Å². The van der Waals surface area contributed by atoms with Crippen LogP contribution in [-0.2, 0) is 0 Å². The van der Waals surface area contributed by atoms with Gasteiger partial charge in [0.15, 0.2) is 6.61 Å². The first-order valence-electron chi connectivity index (χ1n) is 10.2. The van der Waals surface area contributed by atoms with Crippen molar-refractivity contribution in [3.05, 3.63) is 52.2 Å². The smallest absolute Gasteiger partial charge is 0.422 e. The normalized spacial score (nSPS) is 14.7. The largest absolute Gasteiger partial charge is 0.467 e. The van der Waals surface area contributed by atoms with Crippen molar-refractivity contribution in [2.75, 3.05) is 11.9 Å². The number of carbonyl (C=O) groups excluding carboxylic acids is 2. The van der Waals surface area contributed by atoms with Gasteiger partial charge < -0.3 is 15.4 Å². The van der Waals surface area contributed by atoms with E-state index in [1.165, 1.54) is 12.5 Å². The van der Waals surface area contributed by atoms with Gasteiger partial charge in [0.05, 0.1) is 5.56 Å². The highest BCUT2D eigenvalue weighted by molar-refractivity contribution is 6.32. The summed E-state index contributed by atoms with van der Waals surface area (Å²) in [7, 11) is 0.